The van der Waals surface area contributed by atoms with Crippen LogP contribution in [0.2, 0.25) is 0 Å². The molecule has 138 valence electrons. The van der Waals surface area contributed by atoms with Gasteiger partial charge in [-0.1, -0.05) is 25.5 Å². The predicted molar refractivity (Wildman–Crippen MR) is 98.0 cm³/mol. The van der Waals surface area contributed by atoms with E-state index in [9.17, 15) is 9.90 Å². The van der Waals surface area contributed by atoms with Crippen LogP contribution in [-0.4, -0.2) is 41.5 Å². The summed E-state index contributed by atoms with van der Waals surface area (Å²) in [4.78, 5) is 15.7. The Morgan fingerprint density at radius 3 is 2.68 bits per heavy atom. The Morgan fingerprint density at radius 1 is 1.16 bits per heavy atom. The Bertz CT molecular complexity index is 624. The lowest BCUT2D eigenvalue weighted by molar-refractivity contribution is -0.134. The summed E-state index contributed by atoms with van der Waals surface area (Å²) in [6.45, 7) is 8.18. The maximum absolute atomic E-state index is 13.2. The Balaban J connectivity index is 1.44. The third-order valence-corrected chi connectivity index (χ3v) is 8.96. The predicted octanol–water partition coefficient (Wildman–Crippen LogP) is 3.42. The largest absolute Gasteiger partial charge is 0.393 e. The van der Waals surface area contributed by atoms with Gasteiger partial charge in [0.25, 0.3) is 0 Å². The molecule has 3 heteroatoms. The molecule has 3 saturated carbocycles. The lowest BCUT2D eigenvalue weighted by Gasteiger charge is -2.56. The molecule has 0 spiro atoms. The zero-order valence-electron chi connectivity index (χ0n) is 15.8. The number of Topliss-reactive ketones (excluding diaryl/α,β-unsaturated/α-hetero) is 1. The SMILES string of the molecule is C[C@]12CC[C@H](O)CC1=CC[C@@H]1[C@@H]2CC[C@]2(C)C(=O)[C@@H](CN3CC3)C[C@@H]12. The molecule has 5 rings (SSSR count). The molecule has 4 aliphatic carbocycles. The lowest BCUT2D eigenvalue weighted by atomic mass is 9.48. The van der Waals surface area contributed by atoms with Gasteiger partial charge in [-0.2, -0.15) is 0 Å². The van der Waals surface area contributed by atoms with Gasteiger partial charge in [0, 0.05) is 31.0 Å². The smallest absolute Gasteiger partial charge is 0.143 e. The average Bonchev–Trinajstić information content (AvgIpc) is 3.36. The van der Waals surface area contributed by atoms with Gasteiger partial charge < -0.3 is 10.0 Å². The number of carbonyl (C=O) groups is 1. The van der Waals surface area contributed by atoms with Crippen LogP contribution in [0.1, 0.15) is 58.8 Å². The average molecular weight is 344 g/mol. The minimum Gasteiger partial charge on any atom is -0.393 e. The number of rotatable bonds is 2. The maximum Gasteiger partial charge on any atom is 0.143 e. The Hall–Kier alpha value is -0.670. The van der Waals surface area contributed by atoms with Gasteiger partial charge in [-0.3, -0.25) is 4.79 Å². The molecule has 1 aliphatic heterocycles. The van der Waals surface area contributed by atoms with Crippen molar-refractivity contribution >= 4 is 5.78 Å². The van der Waals surface area contributed by atoms with Gasteiger partial charge in [0.05, 0.1) is 6.10 Å². The second kappa shape index (κ2) is 5.42. The number of fused-ring (bicyclic) bond motifs is 5. The summed E-state index contributed by atoms with van der Waals surface area (Å²) in [5.41, 5.74) is 1.75. The number of aliphatic hydroxyl groups excluding tert-OH is 1. The minimum atomic E-state index is -0.130. The molecule has 3 nitrogen and oxygen atoms in total. The van der Waals surface area contributed by atoms with E-state index in [1.807, 2.05) is 0 Å². The highest BCUT2D eigenvalue weighted by molar-refractivity contribution is 5.89. The molecule has 0 radical (unpaired) electrons. The maximum atomic E-state index is 13.2. The highest BCUT2D eigenvalue weighted by atomic mass is 16.3. The standard InChI is InChI=1S/C22H33NO2/c1-21-7-5-16(24)12-15(21)3-4-17-18(21)6-8-22(2)19(17)11-14(20(22)25)13-23-9-10-23/h3,14,16-19,24H,4-13H2,1-2H3/t14-,16+,17-,18+,19+,21+,22+/m1/s1. The molecule has 0 amide bonds. The van der Waals surface area contributed by atoms with E-state index in [1.54, 1.807) is 0 Å². The topological polar surface area (TPSA) is 40.3 Å². The number of hydrogen-bond donors (Lipinski definition) is 1. The molecule has 7 atom stereocenters. The Kier molecular flexibility index (Phi) is 3.58. The summed E-state index contributed by atoms with van der Waals surface area (Å²) in [6.07, 6.45) is 9.90. The molecule has 5 aliphatic rings. The van der Waals surface area contributed by atoms with Crippen LogP contribution < -0.4 is 0 Å². The molecule has 0 aromatic carbocycles. The van der Waals surface area contributed by atoms with Crippen molar-refractivity contribution in [2.75, 3.05) is 19.6 Å². The van der Waals surface area contributed by atoms with Crippen molar-refractivity contribution < 1.29 is 9.90 Å². The van der Waals surface area contributed by atoms with Crippen molar-refractivity contribution in [1.29, 1.82) is 0 Å². The quantitative estimate of drug-likeness (QED) is 0.617. The fourth-order valence-corrected chi connectivity index (χ4v) is 7.30. The highest BCUT2D eigenvalue weighted by Gasteiger charge is 2.61. The van der Waals surface area contributed by atoms with Gasteiger partial charge in [0.2, 0.25) is 0 Å². The number of aliphatic hydroxyl groups is 1. The molecular weight excluding hydrogens is 310 g/mol. The normalized spacial score (nSPS) is 52.2. The van der Waals surface area contributed by atoms with Crippen molar-refractivity contribution in [3.05, 3.63) is 11.6 Å². The molecule has 1 N–H and O–H groups in total. The van der Waals surface area contributed by atoms with Crippen molar-refractivity contribution in [2.45, 2.75) is 64.9 Å². The van der Waals surface area contributed by atoms with Crippen molar-refractivity contribution in [3.8, 4) is 0 Å². The van der Waals surface area contributed by atoms with Gasteiger partial charge >= 0.3 is 0 Å². The Morgan fingerprint density at radius 2 is 1.92 bits per heavy atom. The molecular formula is C22H33NO2. The van der Waals surface area contributed by atoms with E-state index >= 15 is 0 Å². The third-order valence-electron chi connectivity index (χ3n) is 8.96. The molecule has 1 saturated heterocycles. The van der Waals surface area contributed by atoms with Crippen LogP contribution in [0.15, 0.2) is 11.6 Å². The molecule has 0 unspecified atom stereocenters. The van der Waals surface area contributed by atoms with Crippen molar-refractivity contribution in [1.82, 2.24) is 4.90 Å². The van der Waals surface area contributed by atoms with E-state index in [0.717, 1.165) is 51.0 Å². The summed E-state index contributed by atoms with van der Waals surface area (Å²) in [5.74, 6) is 2.88. The molecule has 0 aromatic heterocycles. The first-order valence-electron chi connectivity index (χ1n) is 10.6. The van der Waals surface area contributed by atoms with Crippen molar-refractivity contribution in [3.63, 3.8) is 0 Å². The fourth-order valence-electron chi connectivity index (χ4n) is 7.30. The second-order valence-corrected chi connectivity index (χ2v) is 10.2. The zero-order chi connectivity index (χ0) is 17.4. The molecule has 0 aromatic rings. The zero-order valence-corrected chi connectivity index (χ0v) is 15.8. The van der Waals surface area contributed by atoms with Gasteiger partial charge in [-0.05, 0) is 68.1 Å². The van der Waals surface area contributed by atoms with Crippen LogP contribution >= 0.6 is 0 Å². The number of hydrogen-bond acceptors (Lipinski definition) is 3. The van der Waals surface area contributed by atoms with Crippen LogP contribution in [0.5, 0.6) is 0 Å². The van der Waals surface area contributed by atoms with Crippen LogP contribution in [0.3, 0.4) is 0 Å². The van der Waals surface area contributed by atoms with E-state index < -0.39 is 0 Å². The van der Waals surface area contributed by atoms with Gasteiger partial charge in [0.15, 0.2) is 0 Å². The molecule has 25 heavy (non-hydrogen) atoms. The molecule has 1 heterocycles. The van der Waals surface area contributed by atoms with E-state index in [0.29, 0.717) is 23.5 Å². The van der Waals surface area contributed by atoms with Crippen LogP contribution in [0.4, 0.5) is 0 Å². The second-order valence-electron chi connectivity index (χ2n) is 10.2. The van der Waals surface area contributed by atoms with E-state index in [2.05, 4.69) is 24.8 Å². The Labute approximate surface area is 151 Å². The molecule has 0 bridgehead atoms. The summed E-state index contributed by atoms with van der Waals surface area (Å²) in [6, 6.07) is 0. The monoisotopic (exact) mass is 343 g/mol. The van der Waals surface area contributed by atoms with Crippen molar-refractivity contribution in [2.24, 2.45) is 34.5 Å². The van der Waals surface area contributed by atoms with E-state index in [1.165, 1.54) is 25.1 Å². The van der Waals surface area contributed by atoms with Crippen LogP contribution in [-0.2, 0) is 4.79 Å². The molecule has 4 fully saturated rings. The lowest BCUT2D eigenvalue weighted by Crippen LogP contribution is -2.50. The number of allylic oxidation sites excluding steroid dienone is 1. The first-order chi connectivity index (χ1) is 11.9. The summed E-state index contributed by atoms with van der Waals surface area (Å²) < 4.78 is 0. The first-order valence-corrected chi connectivity index (χ1v) is 10.6. The summed E-state index contributed by atoms with van der Waals surface area (Å²) in [7, 11) is 0. The first kappa shape index (κ1) is 16.5. The summed E-state index contributed by atoms with van der Waals surface area (Å²) >= 11 is 0. The van der Waals surface area contributed by atoms with E-state index in [4.69, 9.17) is 0 Å². The number of carbonyl (C=O) groups excluding carboxylic acids is 1. The third kappa shape index (κ3) is 2.34. The number of ketones is 1. The fraction of sp³-hybridized carbons (Fsp3) is 0.864. The van der Waals surface area contributed by atoms with Crippen LogP contribution in [0.25, 0.3) is 0 Å². The summed E-state index contributed by atoms with van der Waals surface area (Å²) in [5, 5.41) is 10.1. The van der Waals surface area contributed by atoms with Gasteiger partial charge in [-0.15, -0.1) is 0 Å². The minimum absolute atomic E-state index is 0.0578. The van der Waals surface area contributed by atoms with Crippen LogP contribution in [0, 0.1) is 34.5 Å². The number of nitrogens with zero attached hydrogens (tertiary/aromatic N) is 1. The van der Waals surface area contributed by atoms with E-state index in [-0.39, 0.29) is 16.9 Å². The van der Waals surface area contributed by atoms with Gasteiger partial charge in [0.1, 0.15) is 5.78 Å². The van der Waals surface area contributed by atoms with Gasteiger partial charge in [-0.25, -0.2) is 0 Å². The highest BCUT2D eigenvalue weighted by Crippen LogP contribution is 2.64.